The van der Waals surface area contributed by atoms with Gasteiger partial charge in [-0.2, -0.15) is 0 Å². The number of aryl methyl sites for hydroxylation is 1. The van der Waals surface area contributed by atoms with Crippen molar-refractivity contribution in [2.45, 2.75) is 39.7 Å². The predicted octanol–water partition coefficient (Wildman–Crippen LogP) is 5.01. The van der Waals surface area contributed by atoms with Gasteiger partial charge in [0.15, 0.2) is 0 Å². The largest absolute Gasteiger partial charge is 0.377 e. The Balaban J connectivity index is 1.70. The molecule has 0 saturated carbocycles. The maximum atomic E-state index is 12.6. The van der Waals surface area contributed by atoms with E-state index in [1.54, 1.807) is 11.3 Å². The van der Waals surface area contributed by atoms with Gasteiger partial charge in [-0.25, -0.2) is 0 Å². The van der Waals surface area contributed by atoms with Crippen molar-refractivity contribution in [1.29, 1.82) is 0 Å². The third kappa shape index (κ3) is 4.92. The van der Waals surface area contributed by atoms with Crippen LogP contribution in [0, 0.1) is 6.92 Å². The Morgan fingerprint density at radius 2 is 1.67 bits per heavy atom. The molecule has 2 N–H and O–H groups in total. The number of nitrogens with one attached hydrogen (secondary N) is 2. The van der Waals surface area contributed by atoms with Crippen molar-refractivity contribution in [3.05, 3.63) is 69.7 Å². The molecule has 3 rings (SSSR count). The van der Waals surface area contributed by atoms with E-state index in [4.69, 9.17) is 0 Å². The molecular formula is C21H24N4OS. The minimum atomic E-state index is -0.128. The fourth-order valence-electron chi connectivity index (χ4n) is 2.64. The van der Waals surface area contributed by atoms with E-state index in [0.29, 0.717) is 12.1 Å². The molecule has 0 radical (unpaired) electrons. The van der Waals surface area contributed by atoms with Crippen molar-refractivity contribution in [2.75, 3.05) is 10.6 Å². The zero-order valence-electron chi connectivity index (χ0n) is 16.0. The highest BCUT2D eigenvalue weighted by atomic mass is 32.1. The van der Waals surface area contributed by atoms with E-state index in [1.165, 1.54) is 5.56 Å². The van der Waals surface area contributed by atoms with Crippen LogP contribution in [0.15, 0.2) is 48.5 Å². The third-order valence-corrected chi connectivity index (χ3v) is 5.02. The number of rotatable bonds is 5. The number of carbonyl (C=O) groups is 1. The van der Waals surface area contributed by atoms with Gasteiger partial charge in [0, 0.05) is 5.56 Å². The summed E-state index contributed by atoms with van der Waals surface area (Å²) in [7, 11) is 0. The summed E-state index contributed by atoms with van der Waals surface area (Å²) in [6.45, 7) is 8.97. The molecule has 0 aliphatic carbocycles. The summed E-state index contributed by atoms with van der Waals surface area (Å²) in [6.07, 6.45) is 0. The van der Waals surface area contributed by atoms with E-state index >= 15 is 0 Å². The molecule has 0 fully saturated rings. The van der Waals surface area contributed by atoms with Crippen molar-refractivity contribution in [1.82, 2.24) is 10.2 Å². The number of nitrogens with zero attached hydrogens (tertiary/aromatic N) is 2. The highest BCUT2D eigenvalue weighted by Crippen LogP contribution is 2.25. The summed E-state index contributed by atoms with van der Waals surface area (Å²) in [5.74, 6) is -0.128. The first-order chi connectivity index (χ1) is 12.8. The second-order valence-electron chi connectivity index (χ2n) is 7.40. The second-order valence-corrected chi connectivity index (χ2v) is 8.66. The first-order valence-electron chi connectivity index (χ1n) is 8.87. The summed E-state index contributed by atoms with van der Waals surface area (Å²) in [5, 5.41) is 16.3. The number of aromatic nitrogens is 2. The van der Waals surface area contributed by atoms with E-state index in [9.17, 15) is 4.79 Å². The number of hydrogen-bond acceptors (Lipinski definition) is 5. The van der Waals surface area contributed by atoms with Gasteiger partial charge < -0.3 is 10.6 Å². The number of hydrogen-bond donors (Lipinski definition) is 2. The van der Waals surface area contributed by atoms with Gasteiger partial charge in [-0.3, -0.25) is 4.79 Å². The molecule has 0 atom stereocenters. The van der Waals surface area contributed by atoms with E-state index < -0.39 is 0 Å². The lowest BCUT2D eigenvalue weighted by Gasteiger charge is -2.19. The smallest absolute Gasteiger partial charge is 0.255 e. The average molecular weight is 381 g/mol. The molecule has 5 nitrogen and oxygen atoms in total. The molecule has 0 aliphatic heterocycles. The molecular weight excluding hydrogens is 356 g/mol. The summed E-state index contributed by atoms with van der Waals surface area (Å²) in [4.78, 5) is 12.6. The van der Waals surface area contributed by atoms with Gasteiger partial charge in [0.2, 0.25) is 0 Å². The van der Waals surface area contributed by atoms with Gasteiger partial charge in [0.05, 0.1) is 17.9 Å². The molecule has 27 heavy (non-hydrogen) atoms. The van der Waals surface area contributed by atoms with Crippen LogP contribution in [0.3, 0.4) is 0 Å². The molecule has 0 saturated heterocycles. The Bertz CT molecular complexity index is 926. The minimum absolute atomic E-state index is 0.0641. The van der Waals surface area contributed by atoms with Crippen LogP contribution in [0.2, 0.25) is 0 Å². The minimum Gasteiger partial charge on any atom is -0.377 e. The molecule has 140 valence electrons. The zero-order chi connectivity index (χ0) is 19.4. The van der Waals surface area contributed by atoms with Gasteiger partial charge in [-0.05, 0) is 42.2 Å². The SMILES string of the molecule is Cc1nnc(CNc2ccccc2NC(=O)c2ccc(C(C)(C)C)cc2)s1. The highest BCUT2D eigenvalue weighted by Gasteiger charge is 2.15. The van der Waals surface area contributed by atoms with Crippen molar-refractivity contribution >= 4 is 28.6 Å². The van der Waals surface area contributed by atoms with Crippen molar-refractivity contribution in [3.8, 4) is 0 Å². The fourth-order valence-corrected chi connectivity index (χ4v) is 3.29. The van der Waals surface area contributed by atoms with Crippen molar-refractivity contribution < 1.29 is 4.79 Å². The number of benzene rings is 2. The highest BCUT2D eigenvalue weighted by molar-refractivity contribution is 7.11. The number of amides is 1. The Morgan fingerprint density at radius 1 is 1.00 bits per heavy atom. The van der Waals surface area contributed by atoms with Gasteiger partial charge in [-0.1, -0.05) is 56.4 Å². The maximum absolute atomic E-state index is 12.6. The van der Waals surface area contributed by atoms with Crippen LogP contribution in [0.5, 0.6) is 0 Å². The lowest BCUT2D eigenvalue weighted by atomic mass is 9.87. The number of anilines is 2. The Labute approximate surface area is 163 Å². The van der Waals surface area contributed by atoms with E-state index in [2.05, 4.69) is 41.6 Å². The van der Waals surface area contributed by atoms with E-state index in [0.717, 1.165) is 21.4 Å². The van der Waals surface area contributed by atoms with E-state index in [1.807, 2.05) is 55.5 Å². The summed E-state index contributed by atoms with van der Waals surface area (Å²) in [5.41, 5.74) is 3.49. The molecule has 0 unspecified atom stereocenters. The van der Waals surface area contributed by atoms with Crippen molar-refractivity contribution in [2.24, 2.45) is 0 Å². The molecule has 0 bridgehead atoms. The Morgan fingerprint density at radius 3 is 2.26 bits per heavy atom. The number of para-hydroxylation sites is 2. The predicted molar refractivity (Wildman–Crippen MR) is 112 cm³/mol. The van der Waals surface area contributed by atoms with Gasteiger partial charge in [0.1, 0.15) is 10.0 Å². The first kappa shape index (κ1) is 19.0. The van der Waals surface area contributed by atoms with Crippen LogP contribution in [0.25, 0.3) is 0 Å². The van der Waals surface area contributed by atoms with Gasteiger partial charge in [0.25, 0.3) is 5.91 Å². The third-order valence-electron chi connectivity index (χ3n) is 4.19. The van der Waals surface area contributed by atoms with Crippen molar-refractivity contribution in [3.63, 3.8) is 0 Å². The molecule has 1 amide bonds. The van der Waals surface area contributed by atoms with Crippen LogP contribution >= 0.6 is 11.3 Å². The lowest BCUT2D eigenvalue weighted by Crippen LogP contribution is -2.15. The average Bonchev–Trinajstić information content (AvgIpc) is 3.05. The first-order valence-corrected chi connectivity index (χ1v) is 9.68. The normalized spacial score (nSPS) is 11.3. The Kier molecular flexibility index (Phi) is 5.56. The van der Waals surface area contributed by atoms with Gasteiger partial charge >= 0.3 is 0 Å². The molecule has 1 aromatic heterocycles. The van der Waals surface area contributed by atoms with Crippen LogP contribution < -0.4 is 10.6 Å². The zero-order valence-corrected chi connectivity index (χ0v) is 16.9. The van der Waals surface area contributed by atoms with E-state index in [-0.39, 0.29) is 11.3 Å². The molecule has 2 aromatic carbocycles. The van der Waals surface area contributed by atoms with Crippen LogP contribution in [-0.2, 0) is 12.0 Å². The molecule has 3 aromatic rings. The quantitative estimate of drug-likeness (QED) is 0.653. The van der Waals surface area contributed by atoms with Crippen LogP contribution in [0.1, 0.15) is 46.7 Å². The lowest BCUT2D eigenvalue weighted by molar-refractivity contribution is 0.102. The van der Waals surface area contributed by atoms with Gasteiger partial charge in [-0.15, -0.1) is 10.2 Å². The summed E-state index contributed by atoms with van der Waals surface area (Å²) >= 11 is 1.55. The summed E-state index contributed by atoms with van der Waals surface area (Å²) in [6, 6.07) is 15.4. The monoisotopic (exact) mass is 380 g/mol. The standard InChI is InChI=1S/C21H24N4OS/c1-14-24-25-19(27-14)13-22-17-7-5-6-8-18(17)23-20(26)15-9-11-16(12-10-15)21(2,3)4/h5-12,22H,13H2,1-4H3,(H,23,26). The number of carbonyl (C=O) groups excluding carboxylic acids is 1. The molecule has 0 spiro atoms. The maximum Gasteiger partial charge on any atom is 0.255 e. The van der Waals surface area contributed by atoms with Crippen LogP contribution in [-0.4, -0.2) is 16.1 Å². The van der Waals surface area contributed by atoms with Crippen LogP contribution in [0.4, 0.5) is 11.4 Å². The molecule has 1 heterocycles. The Hall–Kier alpha value is -2.73. The topological polar surface area (TPSA) is 66.9 Å². The molecule has 0 aliphatic rings. The molecule has 6 heteroatoms. The fraction of sp³-hybridized carbons (Fsp3) is 0.286. The summed E-state index contributed by atoms with van der Waals surface area (Å²) < 4.78 is 0. The second kappa shape index (κ2) is 7.88.